The fourth-order valence-electron chi connectivity index (χ4n) is 2.51. The highest BCUT2D eigenvalue weighted by atomic mass is 79.9. The van der Waals surface area contributed by atoms with Crippen LogP contribution >= 0.6 is 15.9 Å². The third kappa shape index (κ3) is 4.48. The monoisotopic (exact) mass is 399 g/mol. The smallest absolute Gasteiger partial charge is 0.268 e. The Kier molecular flexibility index (Phi) is 5.50. The summed E-state index contributed by atoms with van der Waals surface area (Å²) in [6.07, 6.45) is 2.56. The predicted octanol–water partition coefficient (Wildman–Crippen LogP) is 2.93. The number of hydrogen-bond acceptors (Lipinski definition) is 3. The first kappa shape index (κ1) is 17.2. The molecule has 128 valence electrons. The first-order valence-corrected chi connectivity index (χ1v) is 8.80. The second-order valence-electron chi connectivity index (χ2n) is 5.63. The SMILES string of the molecule is O=C(NCCc1ccccc1)C1=CCC(=O)N(c2ccc(Br)cc2)N1. The zero-order valence-electron chi connectivity index (χ0n) is 13.5. The molecule has 1 aliphatic rings. The Morgan fingerprint density at radius 1 is 1.12 bits per heavy atom. The molecule has 0 atom stereocenters. The van der Waals surface area contributed by atoms with Crippen molar-refractivity contribution in [1.29, 1.82) is 0 Å². The Bertz CT molecular complexity index is 788. The molecule has 2 aromatic carbocycles. The van der Waals surface area contributed by atoms with Crippen LogP contribution in [0.2, 0.25) is 0 Å². The molecule has 0 fully saturated rings. The lowest BCUT2D eigenvalue weighted by Crippen LogP contribution is -2.49. The summed E-state index contributed by atoms with van der Waals surface area (Å²) in [6.45, 7) is 0.536. The van der Waals surface area contributed by atoms with Gasteiger partial charge in [-0.15, -0.1) is 0 Å². The lowest BCUT2D eigenvalue weighted by atomic mass is 10.1. The lowest BCUT2D eigenvalue weighted by molar-refractivity contribution is -0.120. The van der Waals surface area contributed by atoms with E-state index < -0.39 is 0 Å². The molecule has 0 unspecified atom stereocenters. The third-order valence-corrected chi connectivity index (χ3v) is 4.36. The molecule has 0 radical (unpaired) electrons. The van der Waals surface area contributed by atoms with Gasteiger partial charge >= 0.3 is 0 Å². The summed E-state index contributed by atoms with van der Waals surface area (Å²) in [5.74, 6) is -0.325. The van der Waals surface area contributed by atoms with Crippen LogP contribution in [0.1, 0.15) is 12.0 Å². The summed E-state index contributed by atoms with van der Waals surface area (Å²) in [5, 5.41) is 4.28. The van der Waals surface area contributed by atoms with E-state index in [0.717, 1.165) is 10.9 Å². The van der Waals surface area contributed by atoms with E-state index in [2.05, 4.69) is 26.7 Å². The lowest BCUT2D eigenvalue weighted by Gasteiger charge is -2.28. The Balaban J connectivity index is 1.59. The number of anilines is 1. The van der Waals surface area contributed by atoms with Crippen LogP contribution in [0.4, 0.5) is 5.69 Å². The maximum atomic E-state index is 12.3. The van der Waals surface area contributed by atoms with E-state index >= 15 is 0 Å². The highest BCUT2D eigenvalue weighted by Crippen LogP contribution is 2.20. The minimum absolute atomic E-state index is 0.108. The van der Waals surface area contributed by atoms with Gasteiger partial charge in [0.25, 0.3) is 5.91 Å². The summed E-state index contributed by atoms with van der Waals surface area (Å²) >= 11 is 3.37. The maximum Gasteiger partial charge on any atom is 0.268 e. The first-order chi connectivity index (χ1) is 12.1. The normalized spacial score (nSPS) is 13.9. The fourth-order valence-corrected chi connectivity index (χ4v) is 2.78. The van der Waals surface area contributed by atoms with E-state index in [1.807, 2.05) is 54.6 Å². The van der Waals surface area contributed by atoms with Gasteiger partial charge in [-0.1, -0.05) is 46.3 Å². The summed E-state index contributed by atoms with van der Waals surface area (Å²) < 4.78 is 0.926. The Labute approximate surface area is 154 Å². The maximum absolute atomic E-state index is 12.3. The van der Waals surface area contributed by atoms with Crippen molar-refractivity contribution in [2.24, 2.45) is 0 Å². The molecule has 0 aliphatic carbocycles. The third-order valence-electron chi connectivity index (χ3n) is 3.83. The summed E-state index contributed by atoms with van der Waals surface area (Å²) in [7, 11) is 0. The summed E-state index contributed by atoms with van der Waals surface area (Å²) in [4.78, 5) is 24.5. The van der Waals surface area contributed by atoms with Gasteiger partial charge in [0.05, 0.1) is 5.69 Å². The number of carbonyl (C=O) groups excluding carboxylic acids is 2. The molecule has 0 saturated heterocycles. The number of nitrogens with zero attached hydrogens (tertiary/aromatic N) is 1. The van der Waals surface area contributed by atoms with Gasteiger partial charge < -0.3 is 5.32 Å². The number of hydrazine groups is 1. The number of nitrogens with one attached hydrogen (secondary N) is 2. The number of halogens is 1. The topological polar surface area (TPSA) is 61.4 Å². The predicted molar refractivity (Wildman–Crippen MR) is 101 cm³/mol. The van der Waals surface area contributed by atoms with Crippen LogP contribution in [-0.2, 0) is 16.0 Å². The number of rotatable bonds is 5. The molecule has 6 heteroatoms. The zero-order chi connectivity index (χ0) is 17.6. The summed E-state index contributed by atoms with van der Waals surface area (Å²) in [6, 6.07) is 17.3. The van der Waals surface area contributed by atoms with E-state index in [0.29, 0.717) is 17.9 Å². The largest absolute Gasteiger partial charge is 0.350 e. The second-order valence-corrected chi connectivity index (χ2v) is 6.55. The minimum Gasteiger partial charge on any atom is -0.350 e. The molecule has 0 bridgehead atoms. The fraction of sp³-hybridized carbons (Fsp3) is 0.158. The van der Waals surface area contributed by atoms with Crippen molar-refractivity contribution in [3.05, 3.63) is 76.4 Å². The Hall–Kier alpha value is -2.60. The molecule has 2 amide bonds. The van der Waals surface area contributed by atoms with Crippen LogP contribution in [0, 0.1) is 0 Å². The highest BCUT2D eigenvalue weighted by molar-refractivity contribution is 9.10. The van der Waals surface area contributed by atoms with E-state index in [9.17, 15) is 9.59 Å². The van der Waals surface area contributed by atoms with E-state index in [1.54, 1.807) is 6.08 Å². The molecule has 0 saturated carbocycles. The molecule has 2 N–H and O–H groups in total. The average molecular weight is 400 g/mol. The van der Waals surface area contributed by atoms with Crippen LogP contribution in [0.15, 0.2) is 70.8 Å². The van der Waals surface area contributed by atoms with E-state index in [4.69, 9.17) is 0 Å². The quantitative estimate of drug-likeness (QED) is 0.812. The molecule has 1 heterocycles. The molecule has 0 spiro atoms. The van der Waals surface area contributed by atoms with Crippen molar-refractivity contribution >= 4 is 33.4 Å². The molecular weight excluding hydrogens is 382 g/mol. The van der Waals surface area contributed by atoms with E-state index in [1.165, 1.54) is 10.6 Å². The molecule has 2 aromatic rings. The van der Waals surface area contributed by atoms with Crippen LogP contribution in [-0.4, -0.2) is 18.4 Å². The van der Waals surface area contributed by atoms with Gasteiger partial charge in [0.15, 0.2) is 0 Å². The van der Waals surface area contributed by atoms with Gasteiger partial charge in [-0.05, 0) is 42.3 Å². The number of hydrogen-bond donors (Lipinski definition) is 2. The van der Waals surface area contributed by atoms with Crippen molar-refractivity contribution in [3.63, 3.8) is 0 Å². The Morgan fingerprint density at radius 3 is 2.56 bits per heavy atom. The number of amides is 2. The van der Waals surface area contributed by atoms with Crippen molar-refractivity contribution in [3.8, 4) is 0 Å². The summed E-state index contributed by atoms with van der Waals surface area (Å²) in [5.41, 5.74) is 5.15. The Morgan fingerprint density at radius 2 is 1.84 bits per heavy atom. The van der Waals surface area contributed by atoms with Crippen LogP contribution in [0.5, 0.6) is 0 Å². The second kappa shape index (κ2) is 7.98. The molecular formula is C19H18BrN3O2. The molecule has 5 nitrogen and oxygen atoms in total. The van der Waals surface area contributed by atoms with Crippen LogP contribution in [0.3, 0.4) is 0 Å². The van der Waals surface area contributed by atoms with Gasteiger partial charge in [-0.25, -0.2) is 5.01 Å². The first-order valence-electron chi connectivity index (χ1n) is 8.01. The van der Waals surface area contributed by atoms with Gasteiger partial charge in [-0.2, -0.15) is 0 Å². The van der Waals surface area contributed by atoms with Crippen molar-refractivity contribution in [2.75, 3.05) is 11.6 Å². The zero-order valence-corrected chi connectivity index (χ0v) is 15.1. The highest BCUT2D eigenvalue weighted by Gasteiger charge is 2.23. The van der Waals surface area contributed by atoms with Gasteiger partial charge in [-0.3, -0.25) is 15.0 Å². The van der Waals surface area contributed by atoms with Gasteiger partial charge in [0, 0.05) is 17.4 Å². The standard InChI is InChI=1S/C19H18BrN3O2/c20-15-6-8-16(9-7-15)23-18(24)11-10-17(22-23)19(25)21-13-12-14-4-2-1-3-5-14/h1-10,22H,11-13H2,(H,21,25). The minimum atomic E-state index is -0.217. The van der Waals surface area contributed by atoms with Gasteiger partial charge in [0.1, 0.15) is 5.70 Å². The van der Waals surface area contributed by atoms with Crippen LogP contribution in [0.25, 0.3) is 0 Å². The average Bonchev–Trinajstić information content (AvgIpc) is 2.64. The van der Waals surface area contributed by atoms with Crippen molar-refractivity contribution < 1.29 is 9.59 Å². The van der Waals surface area contributed by atoms with Crippen molar-refractivity contribution in [1.82, 2.24) is 10.7 Å². The van der Waals surface area contributed by atoms with Crippen molar-refractivity contribution in [2.45, 2.75) is 12.8 Å². The molecule has 1 aliphatic heterocycles. The molecule has 25 heavy (non-hydrogen) atoms. The molecule has 3 rings (SSSR count). The van der Waals surface area contributed by atoms with E-state index in [-0.39, 0.29) is 18.2 Å². The number of benzene rings is 2. The number of carbonyl (C=O) groups is 2. The van der Waals surface area contributed by atoms with Gasteiger partial charge in [0.2, 0.25) is 5.91 Å². The van der Waals surface area contributed by atoms with Crippen LogP contribution < -0.4 is 15.8 Å². The molecule has 0 aromatic heterocycles.